The van der Waals surface area contributed by atoms with Gasteiger partial charge < -0.3 is 25.4 Å². The van der Waals surface area contributed by atoms with E-state index in [0.29, 0.717) is 33.8 Å². The first-order valence-corrected chi connectivity index (χ1v) is 16.7. The molecule has 48 heavy (non-hydrogen) atoms. The molecule has 8 rings (SSSR count). The number of carbonyl (C=O) groups is 3. The van der Waals surface area contributed by atoms with Crippen LogP contribution in [-0.2, 0) is 20.7 Å². The predicted molar refractivity (Wildman–Crippen MR) is 181 cm³/mol. The van der Waals surface area contributed by atoms with E-state index in [4.69, 9.17) is 21.7 Å². The maximum atomic E-state index is 14.2. The largest absolute Gasteiger partial charge is 0.485 e. The molecule has 0 bridgehead atoms. The Morgan fingerprint density at radius 1 is 0.667 bits per heavy atom. The normalized spacial score (nSPS) is 25.0. The van der Waals surface area contributed by atoms with Gasteiger partial charge in [-0.1, -0.05) is 68.3 Å². The number of hydrogen-bond acceptors (Lipinski definition) is 6. The molecule has 4 aromatic rings. The zero-order valence-electron chi connectivity index (χ0n) is 24.6. The molecule has 4 amide bonds. The number of ether oxygens (including phenoxy) is 2. The summed E-state index contributed by atoms with van der Waals surface area (Å²) in [5.74, 6) is -0.518. The lowest BCUT2D eigenvalue weighted by molar-refractivity contribution is -0.126. The number of hydrogen-bond donors (Lipinski definition) is 4. The molecule has 4 atom stereocenters. The Kier molecular flexibility index (Phi) is 8.20. The first-order chi connectivity index (χ1) is 23.0. The minimum Gasteiger partial charge on any atom is -0.485 e. The second-order valence-electron chi connectivity index (χ2n) is 11.6. The summed E-state index contributed by atoms with van der Waals surface area (Å²) in [7, 11) is 0. The van der Waals surface area contributed by atoms with Gasteiger partial charge in [0.1, 0.15) is 35.3 Å². The van der Waals surface area contributed by atoms with Crippen LogP contribution in [0.5, 0.6) is 11.5 Å². The lowest BCUT2D eigenvalue weighted by Crippen LogP contribution is -2.48. The van der Waals surface area contributed by atoms with Gasteiger partial charge in [-0.3, -0.25) is 14.9 Å². The van der Waals surface area contributed by atoms with E-state index in [2.05, 4.69) is 53.1 Å². The van der Waals surface area contributed by atoms with Crippen molar-refractivity contribution in [1.82, 2.24) is 21.3 Å². The van der Waals surface area contributed by atoms with Crippen molar-refractivity contribution in [3.63, 3.8) is 0 Å². The number of imide groups is 1. The first-order valence-electron chi connectivity index (χ1n) is 14.7. The molecule has 0 saturated carbocycles. The van der Waals surface area contributed by atoms with Crippen LogP contribution < -0.4 is 30.7 Å². The number of benzene rings is 4. The van der Waals surface area contributed by atoms with Gasteiger partial charge in [0.15, 0.2) is 16.2 Å². The Balaban J connectivity index is 0.000000152. The summed E-state index contributed by atoms with van der Waals surface area (Å²) in [5, 5.41) is 10.9. The van der Waals surface area contributed by atoms with Gasteiger partial charge in [0, 0.05) is 44.0 Å². The lowest BCUT2D eigenvalue weighted by atomic mass is 9.80. The Bertz CT molecular complexity index is 1890. The van der Waals surface area contributed by atoms with Gasteiger partial charge in [-0.15, -0.1) is 0 Å². The van der Waals surface area contributed by atoms with Crippen LogP contribution in [-0.4, -0.2) is 23.0 Å². The second-order valence-corrected chi connectivity index (χ2v) is 13.8. The average molecular weight is 798 g/mol. The molecule has 0 radical (unpaired) electrons. The van der Waals surface area contributed by atoms with Crippen molar-refractivity contribution in [2.24, 2.45) is 0 Å². The zero-order valence-corrected chi connectivity index (χ0v) is 28.6. The van der Waals surface area contributed by atoms with Crippen LogP contribution in [0.2, 0.25) is 0 Å². The number of halogens is 4. The molecule has 244 valence electrons. The van der Waals surface area contributed by atoms with Crippen molar-refractivity contribution in [2.45, 2.75) is 36.1 Å². The van der Waals surface area contributed by atoms with Gasteiger partial charge in [0.05, 0.1) is 0 Å². The monoisotopic (exact) mass is 796 g/mol. The Morgan fingerprint density at radius 3 is 1.54 bits per heavy atom. The van der Waals surface area contributed by atoms with E-state index in [1.165, 1.54) is 12.1 Å². The Labute approximate surface area is 295 Å². The highest BCUT2D eigenvalue weighted by Crippen LogP contribution is 2.48. The minimum absolute atomic E-state index is 0.106. The molecule has 14 heteroatoms. The Hall–Kier alpha value is -4.40. The quantitative estimate of drug-likeness (QED) is 0.136. The minimum atomic E-state index is -1.28. The third-order valence-corrected chi connectivity index (χ3v) is 9.90. The van der Waals surface area contributed by atoms with Crippen LogP contribution in [0.1, 0.15) is 47.3 Å². The lowest BCUT2D eigenvalue weighted by Gasteiger charge is -2.38. The number of thiocarbonyl (C=S) groups is 1. The fourth-order valence-electron chi connectivity index (χ4n) is 6.51. The molecular formula is C34H24Br2F2N4O5S. The number of nitrogens with one attached hydrogen (secondary N) is 4. The van der Waals surface area contributed by atoms with Gasteiger partial charge in [0.2, 0.25) is 0 Å². The van der Waals surface area contributed by atoms with E-state index in [1.54, 1.807) is 60.7 Å². The predicted octanol–water partition coefficient (Wildman–Crippen LogP) is 6.46. The molecule has 0 aromatic heterocycles. The van der Waals surface area contributed by atoms with E-state index in [1.807, 2.05) is 12.1 Å². The molecule has 4 aliphatic rings. The van der Waals surface area contributed by atoms with E-state index >= 15 is 0 Å². The van der Waals surface area contributed by atoms with Crippen LogP contribution >= 0.6 is 44.1 Å². The van der Waals surface area contributed by atoms with E-state index in [0.717, 1.165) is 8.95 Å². The standard InChI is InChI=1S/C17H12BrFN2O3.C17H12BrFN2O2S/c18-9-5-6-13-11(7-9)17(15(22)20-16(23)21-17)8-14(24-13)10-3-1-2-4-12(10)19;18-9-5-6-13-11(7-9)17(15(22)20-16(24)21-17)8-14(23-13)10-3-1-2-4-12(10)19/h1-7,14H,8H2,(H2,20,21,22,23);1-7,14H,8H2,(H2,20,21,22,24). The summed E-state index contributed by atoms with van der Waals surface area (Å²) in [6.45, 7) is 0. The summed E-state index contributed by atoms with van der Waals surface area (Å²) in [6, 6.07) is 22.7. The highest BCUT2D eigenvalue weighted by atomic mass is 79.9. The van der Waals surface area contributed by atoms with E-state index in [9.17, 15) is 23.2 Å². The van der Waals surface area contributed by atoms with Gasteiger partial charge in [-0.2, -0.15) is 0 Å². The summed E-state index contributed by atoms with van der Waals surface area (Å²) in [4.78, 5) is 37.0. The fourth-order valence-corrected chi connectivity index (χ4v) is 7.50. The summed E-state index contributed by atoms with van der Waals surface area (Å²) >= 11 is 11.9. The van der Waals surface area contributed by atoms with Gasteiger partial charge in [-0.05, 0) is 60.7 Å². The molecule has 9 nitrogen and oxygen atoms in total. The van der Waals surface area contributed by atoms with Gasteiger partial charge in [-0.25, -0.2) is 13.6 Å². The van der Waals surface area contributed by atoms with Crippen LogP contribution in [0.15, 0.2) is 93.9 Å². The molecular weight excluding hydrogens is 774 g/mol. The smallest absolute Gasteiger partial charge is 0.322 e. The molecule has 4 N–H and O–H groups in total. The van der Waals surface area contributed by atoms with Crippen LogP contribution in [0.25, 0.3) is 0 Å². The maximum absolute atomic E-state index is 14.2. The van der Waals surface area contributed by atoms with Crippen molar-refractivity contribution in [3.05, 3.63) is 128 Å². The SMILES string of the molecule is O=C1NC(=O)C2(CC(c3ccccc3F)Oc3ccc(Br)cc32)N1.O=C1NC(=S)NC12CC(c1ccccc1F)Oc1ccc(Br)cc12. The van der Waals surface area contributed by atoms with Gasteiger partial charge >= 0.3 is 6.03 Å². The topological polar surface area (TPSA) is 118 Å². The Morgan fingerprint density at radius 2 is 1.12 bits per heavy atom. The van der Waals surface area contributed by atoms with Crippen molar-refractivity contribution in [1.29, 1.82) is 0 Å². The molecule has 2 saturated heterocycles. The molecule has 2 spiro atoms. The summed E-state index contributed by atoms with van der Waals surface area (Å²) in [6.07, 6.45) is -0.943. The highest BCUT2D eigenvalue weighted by molar-refractivity contribution is 9.10. The molecule has 4 unspecified atom stereocenters. The summed E-state index contributed by atoms with van der Waals surface area (Å²) in [5.41, 5.74) is -0.352. The third-order valence-electron chi connectivity index (χ3n) is 8.71. The van der Waals surface area contributed by atoms with E-state index in [-0.39, 0.29) is 29.7 Å². The number of amides is 4. The number of rotatable bonds is 2. The van der Waals surface area contributed by atoms with Crippen LogP contribution in [0.4, 0.5) is 13.6 Å². The van der Waals surface area contributed by atoms with Crippen LogP contribution in [0, 0.1) is 11.6 Å². The van der Waals surface area contributed by atoms with Crippen molar-refractivity contribution < 1.29 is 32.6 Å². The van der Waals surface area contributed by atoms with Crippen molar-refractivity contribution >= 4 is 67.0 Å². The van der Waals surface area contributed by atoms with Crippen LogP contribution in [0.3, 0.4) is 0 Å². The molecule has 4 aliphatic heterocycles. The van der Waals surface area contributed by atoms with Gasteiger partial charge in [0.25, 0.3) is 11.8 Å². The molecule has 4 aromatic carbocycles. The highest BCUT2D eigenvalue weighted by Gasteiger charge is 2.54. The van der Waals surface area contributed by atoms with E-state index < -0.39 is 41.0 Å². The maximum Gasteiger partial charge on any atom is 0.322 e. The molecule has 4 heterocycles. The number of carbonyl (C=O) groups excluding carboxylic acids is 3. The fraction of sp³-hybridized carbons (Fsp3) is 0.176. The zero-order chi connectivity index (χ0) is 33.8. The molecule has 0 aliphatic carbocycles. The van der Waals surface area contributed by atoms with Crippen molar-refractivity contribution in [2.75, 3.05) is 0 Å². The van der Waals surface area contributed by atoms with Crippen molar-refractivity contribution in [3.8, 4) is 11.5 Å². The first kappa shape index (κ1) is 32.2. The third kappa shape index (κ3) is 5.51. The molecule has 2 fully saturated rings. The summed E-state index contributed by atoms with van der Waals surface area (Å²) < 4.78 is 41.9. The number of urea groups is 1. The number of fused-ring (bicyclic) bond motifs is 4. The average Bonchev–Trinajstić information content (AvgIpc) is 3.50. The second kappa shape index (κ2) is 12.2.